The van der Waals surface area contributed by atoms with Crippen molar-refractivity contribution in [3.05, 3.63) is 66.9 Å². The Labute approximate surface area is 206 Å². The van der Waals surface area contributed by atoms with Gasteiger partial charge < -0.3 is 9.64 Å². The third-order valence-corrected chi connectivity index (χ3v) is 5.67. The van der Waals surface area contributed by atoms with Crippen LogP contribution in [0.5, 0.6) is 0 Å². The zero-order valence-corrected chi connectivity index (χ0v) is 20.6. The smallest absolute Gasteiger partial charge is 0.359 e. The third kappa shape index (κ3) is 8.13. The number of aromatic nitrogens is 2. The van der Waals surface area contributed by atoms with Crippen molar-refractivity contribution in [3.8, 4) is 22.5 Å². The van der Waals surface area contributed by atoms with Gasteiger partial charge in [0, 0.05) is 30.3 Å². The first kappa shape index (κ1) is 26.3. The monoisotopic (exact) mass is 498 g/mol. The number of benzene rings is 2. The van der Waals surface area contributed by atoms with Crippen LogP contribution in [0.4, 0.5) is 5.82 Å². The highest BCUT2D eigenvalue weighted by Crippen LogP contribution is 2.30. The molecule has 0 radical (unpaired) electrons. The summed E-state index contributed by atoms with van der Waals surface area (Å²) in [5, 5.41) is 0. The van der Waals surface area contributed by atoms with E-state index in [2.05, 4.69) is 18.7 Å². The minimum absolute atomic E-state index is 0.178. The fourth-order valence-corrected chi connectivity index (χ4v) is 3.93. The Morgan fingerprint density at radius 3 is 2.17 bits per heavy atom. The number of nitrogens with one attached hydrogen (secondary N) is 1. The molecule has 3 rings (SSSR count). The van der Waals surface area contributed by atoms with E-state index < -0.39 is 22.8 Å². The molecule has 0 aliphatic carbocycles. The predicted molar refractivity (Wildman–Crippen MR) is 135 cm³/mol. The lowest BCUT2D eigenvalue weighted by atomic mass is 10.0. The summed E-state index contributed by atoms with van der Waals surface area (Å²) in [6.45, 7) is 4.71. The second-order valence-corrected chi connectivity index (χ2v) is 9.36. The van der Waals surface area contributed by atoms with Gasteiger partial charge in [-0.25, -0.2) is 9.71 Å². The molecule has 0 saturated carbocycles. The number of unbranched alkanes of at least 4 members (excludes halogenated alkanes) is 1. The van der Waals surface area contributed by atoms with Crippen LogP contribution in [-0.4, -0.2) is 54.6 Å². The molecule has 0 unspecified atom stereocenters. The molecule has 0 atom stereocenters. The summed E-state index contributed by atoms with van der Waals surface area (Å²) in [6, 6.07) is 20.1. The zero-order valence-electron chi connectivity index (χ0n) is 19.8. The second kappa shape index (κ2) is 12.4. The molecular weight excluding hydrogens is 468 g/mol. The van der Waals surface area contributed by atoms with Gasteiger partial charge in [0.2, 0.25) is 0 Å². The van der Waals surface area contributed by atoms with E-state index in [1.54, 1.807) is 6.20 Å². The Morgan fingerprint density at radius 2 is 1.60 bits per heavy atom. The van der Waals surface area contributed by atoms with Gasteiger partial charge in [0.25, 0.3) is 5.91 Å². The first-order valence-electron chi connectivity index (χ1n) is 11.3. The highest BCUT2D eigenvalue weighted by atomic mass is 32.2. The van der Waals surface area contributed by atoms with Crippen LogP contribution in [0.2, 0.25) is 0 Å². The molecule has 2 N–H and O–H groups in total. The molecule has 1 amide bonds. The lowest BCUT2D eigenvalue weighted by molar-refractivity contribution is -0.124. The van der Waals surface area contributed by atoms with Crippen LogP contribution in [0, 0.1) is 0 Å². The minimum atomic E-state index is -4.57. The van der Waals surface area contributed by atoms with E-state index in [4.69, 9.17) is 19.3 Å². The molecule has 186 valence electrons. The first-order valence-corrected chi connectivity index (χ1v) is 12.8. The molecule has 9 nitrogen and oxygen atoms in total. The quantitative estimate of drug-likeness (QED) is 0.286. The van der Waals surface area contributed by atoms with E-state index in [1.165, 1.54) is 4.72 Å². The van der Waals surface area contributed by atoms with E-state index in [0.717, 1.165) is 34.8 Å². The maximum absolute atomic E-state index is 11.4. The second-order valence-electron chi connectivity index (χ2n) is 8.20. The molecule has 1 aromatic heterocycles. The topological polar surface area (TPSA) is 122 Å². The third-order valence-electron chi connectivity index (χ3n) is 5.19. The average Bonchev–Trinajstić information content (AvgIpc) is 2.83. The van der Waals surface area contributed by atoms with E-state index in [9.17, 15) is 13.2 Å². The Kier molecular flexibility index (Phi) is 9.30. The summed E-state index contributed by atoms with van der Waals surface area (Å²) >= 11 is 0. The Morgan fingerprint density at radius 1 is 1.00 bits per heavy atom. The standard InChI is InChI=1S/C25H30N4O5S/c1-19(2)29(15-9-10-16-34-18-23(30)28-35(31,32)33)22-17-26-24(20-11-5-3-6-12-20)25(27-22)21-13-7-4-8-14-21/h3-8,11-14,17,19H,9-10,15-16,18H2,1-2H3,(H,28,30)(H,31,32,33). The van der Waals surface area contributed by atoms with Gasteiger partial charge in [-0.15, -0.1) is 0 Å². The van der Waals surface area contributed by atoms with Crippen molar-refractivity contribution in [3.63, 3.8) is 0 Å². The van der Waals surface area contributed by atoms with Gasteiger partial charge >= 0.3 is 10.3 Å². The van der Waals surface area contributed by atoms with E-state index in [1.807, 2.05) is 60.7 Å². The summed E-state index contributed by atoms with van der Waals surface area (Å²) in [5.74, 6) is -0.148. The highest BCUT2D eigenvalue weighted by Gasteiger charge is 2.17. The maximum atomic E-state index is 11.4. The highest BCUT2D eigenvalue weighted by molar-refractivity contribution is 7.84. The summed E-state index contributed by atoms with van der Waals surface area (Å²) in [6.07, 6.45) is 3.22. The molecule has 0 bridgehead atoms. The fraction of sp³-hybridized carbons (Fsp3) is 0.320. The molecule has 10 heteroatoms. The molecule has 35 heavy (non-hydrogen) atoms. The summed E-state index contributed by atoms with van der Waals surface area (Å²) in [5.41, 5.74) is 3.62. The van der Waals surface area contributed by atoms with Crippen molar-refractivity contribution < 1.29 is 22.5 Å². The molecular formula is C25H30N4O5S. The Hall–Kier alpha value is -3.34. The largest absolute Gasteiger partial charge is 0.372 e. The van der Waals surface area contributed by atoms with Crippen LogP contribution in [0.15, 0.2) is 66.9 Å². The van der Waals surface area contributed by atoms with E-state index in [-0.39, 0.29) is 12.6 Å². The number of anilines is 1. The number of carbonyl (C=O) groups excluding carboxylic acids is 1. The Bertz CT molecular complexity index is 1210. The summed E-state index contributed by atoms with van der Waals surface area (Å²) in [4.78, 5) is 23.3. The van der Waals surface area contributed by atoms with Gasteiger partial charge in [0.1, 0.15) is 12.4 Å². The van der Waals surface area contributed by atoms with Gasteiger partial charge in [-0.05, 0) is 26.7 Å². The molecule has 0 fully saturated rings. The molecule has 1 heterocycles. The molecule has 0 saturated heterocycles. The number of hydrogen-bond acceptors (Lipinski definition) is 7. The number of rotatable bonds is 12. The van der Waals surface area contributed by atoms with Crippen molar-refractivity contribution >= 4 is 22.0 Å². The van der Waals surface area contributed by atoms with E-state index in [0.29, 0.717) is 13.0 Å². The SMILES string of the molecule is CC(C)N(CCCCOCC(=O)NS(=O)(=O)O)c1cnc(-c2ccccc2)c(-c2ccccc2)n1. The molecule has 0 aliphatic rings. The van der Waals surface area contributed by atoms with Crippen molar-refractivity contribution in [1.82, 2.24) is 14.7 Å². The van der Waals surface area contributed by atoms with Crippen LogP contribution in [0.1, 0.15) is 26.7 Å². The van der Waals surface area contributed by atoms with E-state index >= 15 is 0 Å². The number of ether oxygens (including phenoxy) is 1. The van der Waals surface area contributed by atoms with Gasteiger partial charge in [0.15, 0.2) is 0 Å². The van der Waals surface area contributed by atoms with Crippen LogP contribution in [0.25, 0.3) is 22.5 Å². The van der Waals surface area contributed by atoms with Crippen molar-refractivity contribution in [2.24, 2.45) is 0 Å². The lowest BCUT2D eigenvalue weighted by Crippen LogP contribution is -2.33. The fourth-order valence-electron chi connectivity index (χ4n) is 3.58. The van der Waals surface area contributed by atoms with Crippen molar-refractivity contribution in [1.29, 1.82) is 0 Å². The van der Waals surface area contributed by atoms with Gasteiger partial charge in [0.05, 0.1) is 17.6 Å². The van der Waals surface area contributed by atoms with Crippen LogP contribution >= 0.6 is 0 Å². The normalized spacial score (nSPS) is 11.4. The average molecular weight is 499 g/mol. The lowest BCUT2D eigenvalue weighted by Gasteiger charge is -2.28. The molecule has 3 aromatic rings. The minimum Gasteiger partial charge on any atom is -0.372 e. The van der Waals surface area contributed by atoms with Gasteiger partial charge in [-0.3, -0.25) is 14.3 Å². The molecule has 0 spiro atoms. The molecule has 2 aromatic carbocycles. The Balaban J connectivity index is 1.69. The number of nitrogens with zero attached hydrogens (tertiary/aromatic N) is 3. The summed E-state index contributed by atoms with van der Waals surface area (Å²) in [7, 11) is -4.57. The number of carbonyl (C=O) groups is 1. The maximum Gasteiger partial charge on any atom is 0.359 e. The number of amides is 1. The predicted octanol–water partition coefficient (Wildman–Crippen LogP) is 3.74. The zero-order chi connectivity index (χ0) is 25.3. The van der Waals surface area contributed by atoms with Crippen molar-refractivity contribution in [2.45, 2.75) is 32.7 Å². The number of hydrogen-bond donors (Lipinski definition) is 2. The van der Waals surface area contributed by atoms with Crippen molar-refractivity contribution in [2.75, 3.05) is 24.7 Å². The molecule has 0 aliphatic heterocycles. The summed E-state index contributed by atoms with van der Waals surface area (Å²) < 4.78 is 36.5. The van der Waals surface area contributed by atoms with Crippen LogP contribution in [0.3, 0.4) is 0 Å². The van der Waals surface area contributed by atoms with Gasteiger partial charge in [-0.1, -0.05) is 60.7 Å². The van der Waals surface area contributed by atoms with Crippen LogP contribution < -0.4 is 9.62 Å². The van der Waals surface area contributed by atoms with Gasteiger partial charge in [-0.2, -0.15) is 8.42 Å². The van der Waals surface area contributed by atoms with Crippen LogP contribution in [-0.2, 0) is 19.8 Å². The first-order chi connectivity index (χ1) is 16.7.